The Bertz CT molecular complexity index is 660. The number of esters is 2. The molecule has 0 bridgehead atoms. The van der Waals surface area contributed by atoms with Gasteiger partial charge in [0, 0.05) is 0 Å². The van der Waals surface area contributed by atoms with Crippen LogP contribution in [-0.2, 0) is 30.4 Å². The molecular weight excluding hydrogens is 398 g/mol. The largest absolute Gasteiger partial charge is 0.463 e. The van der Waals surface area contributed by atoms with Gasteiger partial charge in [0.2, 0.25) is 0 Å². The number of hydrogen-bond donors (Lipinski definition) is 1. The van der Waals surface area contributed by atoms with E-state index in [-0.39, 0.29) is 25.2 Å². The highest BCUT2D eigenvalue weighted by atomic mass is 35.5. The third kappa shape index (κ3) is 7.57. The molecule has 162 valence electrons. The first-order valence-electron chi connectivity index (χ1n) is 9.66. The van der Waals surface area contributed by atoms with Crippen molar-refractivity contribution in [1.82, 2.24) is 5.32 Å². The van der Waals surface area contributed by atoms with E-state index in [1.165, 1.54) is 0 Å². The molecule has 0 radical (unpaired) electrons. The third-order valence-electron chi connectivity index (χ3n) is 4.87. The molecule has 1 amide bonds. The van der Waals surface area contributed by atoms with Gasteiger partial charge in [-0.25, -0.2) is 9.59 Å². The Morgan fingerprint density at radius 2 is 1.66 bits per heavy atom. The summed E-state index contributed by atoms with van der Waals surface area (Å²) in [4.78, 5) is 36.9. The minimum atomic E-state index is -0.972. The number of rotatable bonds is 11. The van der Waals surface area contributed by atoms with Crippen molar-refractivity contribution < 1.29 is 28.6 Å². The first-order valence-corrected chi connectivity index (χ1v) is 10.2. The van der Waals surface area contributed by atoms with Crippen LogP contribution in [0.25, 0.3) is 0 Å². The van der Waals surface area contributed by atoms with Crippen LogP contribution in [0.5, 0.6) is 0 Å². The average molecular weight is 428 g/mol. The lowest BCUT2D eigenvalue weighted by Crippen LogP contribution is -2.47. The second-order valence-corrected chi connectivity index (χ2v) is 7.28. The zero-order valence-electron chi connectivity index (χ0n) is 17.4. The summed E-state index contributed by atoms with van der Waals surface area (Å²) in [7, 11) is 0. The number of carbonyl (C=O) groups is 3. The van der Waals surface area contributed by atoms with Crippen molar-refractivity contribution in [1.29, 1.82) is 0 Å². The smallest absolute Gasteiger partial charge is 0.408 e. The van der Waals surface area contributed by atoms with Crippen molar-refractivity contribution in [2.75, 3.05) is 12.7 Å². The highest BCUT2D eigenvalue weighted by molar-refractivity contribution is 6.17. The SMILES string of the molecule is CCC(CC)(COC(=O)[C@@H](NC(=O)OCc1ccccc1)C(C)C)C(=O)OCCl. The van der Waals surface area contributed by atoms with Crippen LogP contribution in [0.1, 0.15) is 46.1 Å². The van der Waals surface area contributed by atoms with Crippen molar-refractivity contribution in [2.24, 2.45) is 11.3 Å². The van der Waals surface area contributed by atoms with Gasteiger partial charge in [-0.15, -0.1) is 0 Å². The van der Waals surface area contributed by atoms with Crippen LogP contribution >= 0.6 is 11.6 Å². The number of hydrogen-bond acceptors (Lipinski definition) is 6. The minimum Gasteiger partial charge on any atom is -0.463 e. The number of halogens is 1. The van der Waals surface area contributed by atoms with Gasteiger partial charge in [0.15, 0.2) is 6.07 Å². The standard InChI is InChI=1S/C21H30ClNO6/c1-5-21(6-2,19(25)29-14-22)13-28-18(24)17(15(3)4)23-20(26)27-12-16-10-8-7-9-11-16/h7-11,15,17H,5-6,12-14H2,1-4H3,(H,23,26)/t17-/m0/s1. The topological polar surface area (TPSA) is 90.9 Å². The van der Waals surface area contributed by atoms with Gasteiger partial charge in [-0.05, 0) is 24.3 Å². The predicted octanol–water partition coefficient (Wildman–Crippen LogP) is 4.03. The van der Waals surface area contributed by atoms with Crippen LogP contribution in [0.3, 0.4) is 0 Å². The summed E-state index contributed by atoms with van der Waals surface area (Å²) < 4.78 is 15.5. The lowest BCUT2D eigenvalue weighted by Gasteiger charge is -2.29. The van der Waals surface area contributed by atoms with Crippen molar-refractivity contribution in [3.8, 4) is 0 Å². The number of amides is 1. The summed E-state index contributed by atoms with van der Waals surface area (Å²) in [6, 6.07) is 8.03. The summed E-state index contributed by atoms with van der Waals surface area (Å²) in [6.07, 6.45) is 0.125. The Kier molecular flexibility index (Phi) is 10.5. The van der Waals surface area contributed by atoms with E-state index in [1.807, 2.05) is 44.2 Å². The monoisotopic (exact) mass is 427 g/mol. The molecule has 0 aromatic heterocycles. The van der Waals surface area contributed by atoms with Gasteiger partial charge < -0.3 is 19.5 Å². The molecule has 0 saturated carbocycles. The molecule has 0 fully saturated rings. The van der Waals surface area contributed by atoms with Gasteiger partial charge in [0.05, 0.1) is 0 Å². The van der Waals surface area contributed by atoms with E-state index >= 15 is 0 Å². The zero-order chi connectivity index (χ0) is 21.9. The molecule has 29 heavy (non-hydrogen) atoms. The minimum absolute atomic E-state index is 0.0889. The maximum absolute atomic E-state index is 12.6. The van der Waals surface area contributed by atoms with Gasteiger partial charge in [-0.2, -0.15) is 0 Å². The van der Waals surface area contributed by atoms with Crippen molar-refractivity contribution in [3.63, 3.8) is 0 Å². The molecule has 1 atom stereocenters. The molecule has 1 N–H and O–H groups in total. The van der Waals surface area contributed by atoms with Crippen LogP contribution in [0, 0.1) is 11.3 Å². The number of benzene rings is 1. The Hall–Kier alpha value is -2.28. The fourth-order valence-electron chi connectivity index (χ4n) is 2.69. The highest BCUT2D eigenvalue weighted by Gasteiger charge is 2.39. The molecule has 1 aromatic rings. The number of alkyl carbamates (subject to hydrolysis) is 1. The molecule has 0 heterocycles. The molecule has 8 heteroatoms. The van der Waals surface area contributed by atoms with E-state index in [0.29, 0.717) is 12.8 Å². The molecule has 0 aliphatic rings. The first-order chi connectivity index (χ1) is 13.8. The van der Waals surface area contributed by atoms with Gasteiger partial charge in [0.1, 0.15) is 24.7 Å². The molecule has 0 aliphatic heterocycles. The normalized spacial score (nSPS) is 12.2. The van der Waals surface area contributed by atoms with Crippen LogP contribution < -0.4 is 5.32 Å². The van der Waals surface area contributed by atoms with Gasteiger partial charge in [-0.3, -0.25) is 4.79 Å². The van der Waals surface area contributed by atoms with E-state index in [9.17, 15) is 14.4 Å². The molecular formula is C21H30ClNO6. The van der Waals surface area contributed by atoms with E-state index < -0.39 is 29.5 Å². The molecule has 0 unspecified atom stereocenters. The average Bonchev–Trinajstić information content (AvgIpc) is 2.72. The maximum atomic E-state index is 12.6. The highest BCUT2D eigenvalue weighted by Crippen LogP contribution is 2.29. The number of carbonyl (C=O) groups excluding carboxylic acids is 3. The van der Waals surface area contributed by atoms with E-state index in [2.05, 4.69) is 5.32 Å². The third-order valence-corrected chi connectivity index (χ3v) is 4.98. The van der Waals surface area contributed by atoms with E-state index in [1.54, 1.807) is 13.8 Å². The van der Waals surface area contributed by atoms with Crippen molar-refractivity contribution >= 4 is 29.6 Å². The van der Waals surface area contributed by atoms with Crippen LogP contribution in [0.15, 0.2) is 30.3 Å². The summed E-state index contributed by atoms with van der Waals surface area (Å²) >= 11 is 5.49. The predicted molar refractivity (Wildman–Crippen MR) is 109 cm³/mol. The molecule has 1 rings (SSSR count). The Morgan fingerprint density at radius 3 is 2.17 bits per heavy atom. The van der Waals surface area contributed by atoms with Crippen LogP contribution in [0.2, 0.25) is 0 Å². The summed E-state index contributed by atoms with van der Waals surface area (Å²) in [5.74, 6) is -1.39. The molecule has 7 nitrogen and oxygen atoms in total. The maximum Gasteiger partial charge on any atom is 0.408 e. The lowest BCUT2D eigenvalue weighted by molar-refractivity contribution is -0.164. The molecule has 0 saturated heterocycles. The Balaban J connectivity index is 2.68. The number of ether oxygens (including phenoxy) is 3. The number of nitrogens with one attached hydrogen (secondary N) is 1. The fourth-order valence-corrected chi connectivity index (χ4v) is 2.79. The lowest BCUT2D eigenvalue weighted by atomic mass is 9.83. The zero-order valence-corrected chi connectivity index (χ0v) is 18.2. The first kappa shape index (κ1) is 24.8. The van der Waals surface area contributed by atoms with Crippen LogP contribution in [-0.4, -0.2) is 36.7 Å². The number of alkyl halides is 1. The summed E-state index contributed by atoms with van der Waals surface area (Å²) in [6.45, 7) is 7.11. The molecule has 1 aromatic carbocycles. The van der Waals surface area contributed by atoms with Crippen LogP contribution in [0.4, 0.5) is 4.79 Å². The van der Waals surface area contributed by atoms with Crippen molar-refractivity contribution in [3.05, 3.63) is 35.9 Å². The second kappa shape index (κ2) is 12.3. The Labute approximate surface area is 177 Å². The van der Waals surface area contributed by atoms with Gasteiger partial charge >= 0.3 is 18.0 Å². The summed E-state index contributed by atoms with van der Waals surface area (Å²) in [5.41, 5.74) is -0.139. The van der Waals surface area contributed by atoms with E-state index in [4.69, 9.17) is 25.8 Å². The van der Waals surface area contributed by atoms with E-state index in [0.717, 1.165) is 5.56 Å². The van der Waals surface area contributed by atoms with Crippen molar-refractivity contribution in [2.45, 2.75) is 53.2 Å². The Morgan fingerprint density at radius 1 is 1.03 bits per heavy atom. The second-order valence-electron chi connectivity index (χ2n) is 7.06. The molecule has 0 aliphatic carbocycles. The quantitative estimate of drug-likeness (QED) is 0.325. The summed E-state index contributed by atoms with van der Waals surface area (Å²) in [5, 5.41) is 2.54. The fraction of sp³-hybridized carbons (Fsp3) is 0.571. The van der Waals surface area contributed by atoms with Gasteiger partial charge in [-0.1, -0.05) is 69.6 Å². The van der Waals surface area contributed by atoms with Gasteiger partial charge in [0.25, 0.3) is 0 Å². The molecule has 0 spiro atoms.